The molecule has 3 aliphatic heterocycles. The first-order valence-corrected chi connectivity index (χ1v) is 16.6. The second kappa shape index (κ2) is 12.5. The number of anilines is 2. The molecule has 3 amide bonds. The zero-order valence-corrected chi connectivity index (χ0v) is 26.8. The Bertz CT molecular complexity index is 1320. The van der Waals surface area contributed by atoms with Crippen LogP contribution in [0.15, 0.2) is 54.6 Å². The van der Waals surface area contributed by atoms with Gasteiger partial charge in [-0.2, -0.15) is 0 Å². The van der Waals surface area contributed by atoms with E-state index in [2.05, 4.69) is 36.3 Å². The lowest BCUT2D eigenvalue weighted by Crippen LogP contribution is -2.56. The smallest absolute Gasteiger partial charge is 0.248 e. The van der Waals surface area contributed by atoms with Crippen molar-refractivity contribution in [1.29, 1.82) is 0 Å². The highest BCUT2D eigenvalue weighted by Gasteiger charge is 2.77. The average molecular weight is 607 g/mol. The minimum Gasteiger partial charge on any atom is -0.394 e. The van der Waals surface area contributed by atoms with Gasteiger partial charge in [-0.05, 0) is 69.4 Å². The molecule has 3 saturated heterocycles. The Kier molecular flexibility index (Phi) is 9.14. The molecule has 8 nitrogen and oxygen atoms in total. The Morgan fingerprint density at radius 2 is 1.72 bits per heavy atom. The molecule has 2 aromatic carbocycles. The molecule has 9 heteroatoms. The van der Waals surface area contributed by atoms with Gasteiger partial charge in [0.25, 0.3) is 0 Å². The molecular weight excluding hydrogens is 560 g/mol. The van der Waals surface area contributed by atoms with Crippen LogP contribution in [0.5, 0.6) is 0 Å². The molecule has 3 heterocycles. The SMILES string of the molecule is CC[C@H](C)[C@H](CO)N1C(=O)[C@@H]2[C@@H](C(=O)NCc3ccccc3)[C@@]3(C)CCC2(S3)C1C(=O)Nc1ccc(N(CC)CC)cc1. The quantitative estimate of drug-likeness (QED) is 0.325. The number of nitrogens with zero attached hydrogens (tertiary/aromatic N) is 2. The molecule has 0 radical (unpaired) electrons. The number of carbonyl (C=O) groups excluding carboxylic acids is 3. The number of fused-ring (bicyclic) bond motifs is 1. The van der Waals surface area contributed by atoms with Crippen molar-refractivity contribution in [3.8, 4) is 0 Å². The van der Waals surface area contributed by atoms with Crippen molar-refractivity contribution in [3.63, 3.8) is 0 Å². The summed E-state index contributed by atoms with van der Waals surface area (Å²) in [6.45, 7) is 12.3. The lowest BCUT2D eigenvalue weighted by atomic mass is 9.66. The molecule has 2 aromatic rings. The third-order valence-corrected chi connectivity index (χ3v) is 12.1. The number of rotatable bonds is 12. The fourth-order valence-corrected chi connectivity index (χ4v) is 10.0. The highest BCUT2D eigenvalue weighted by atomic mass is 32.2. The standard InChI is InChI=1S/C34H46N4O4S/c1-6-22(4)26(21-39)38-29(31(41)36-24-14-16-25(17-15-24)37(7-2)8-3)34-19-18-33(5,43-34)27(28(34)32(38)42)30(40)35-20-23-12-10-9-11-13-23/h9-17,22,26-29,39H,6-8,18-21H2,1-5H3,(H,35,40)(H,36,41)/t22-,26-,27-,28-,29?,33+,34?/m0/s1. The number of carbonyl (C=O) groups is 3. The fourth-order valence-electron chi connectivity index (χ4n) is 7.69. The predicted octanol–water partition coefficient (Wildman–Crippen LogP) is 4.68. The van der Waals surface area contributed by atoms with E-state index in [0.717, 1.165) is 37.2 Å². The summed E-state index contributed by atoms with van der Waals surface area (Å²) >= 11 is 1.65. The van der Waals surface area contributed by atoms with Gasteiger partial charge in [-0.3, -0.25) is 14.4 Å². The molecule has 5 rings (SSSR count). The summed E-state index contributed by atoms with van der Waals surface area (Å²) in [7, 11) is 0. The van der Waals surface area contributed by atoms with Crippen LogP contribution in [0.25, 0.3) is 0 Å². The highest BCUT2D eigenvalue weighted by molar-refractivity contribution is 8.02. The van der Waals surface area contributed by atoms with Gasteiger partial charge in [-0.15, -0.1) is 11.8 Å². The van der Waals surface area contributed by atoms with Crippen molar-refractivity contribution in [1.82, 2.24) is 10.2 Å². The van der Waals surface area contributed by atoms with Gasteiger partial charge < -0.3 is 25.5 Å². The number of thioether (sulfide) groups is 1. The van der Waals surface area contributed by atoms with Crippen LogP contribution in [0, 0.1) is 17.8 Å². The van der Waals surface area contributed by atoms with Gasteiger partial charge in [0, 0.05) is 35.8 Å². The number of amides is 3. The van der Waals surface area contributed by atoms with Crippen molar-refractivity contribution in [2.24, 2.45) is 17.8 Å². The number of nitrogens with one attached hydrogen (secondary N) is 2. The molecule has 3 fully saturated rings. The van der Waals surface area contributed by atoms with Crippen LogP contribution in [0.3, 0.4) is 0 Å². The zero-order chi connectivity index (χ0) is 30.9. The Morgan fingerprint density at radius 3 is 2.33 bits per heavy atom. The normalized spacial score (nSPS) is 28.8. The van der Waals surface area contributed by atoms with Crippen LogP contribution in [-0.4, -0.2) is 69.0 Å². The van der Waals surface area contributed by atoms with Crippen molar-refractivity contribution in [2.45, 2.75) is 82.0 Å². The van der Waals surface area contributed by atoms with E-state index in [-0.39, 0.29) is 30.2 Å². The number of hydrogen-bond donors (Lipinski definition) is 3. The first-order chi connectivity index (χ1) is 20.6. The van der Waals surface area contributed by atoms with Gasteiger partial charge in [0.05, 0.1) is 29.2 Å². The monoisotopic (exact) mass is 606 g/mol. The highest BCUT2D eigenvalue weighted by Crippen LogP contribution is 2.71. The summed E-state index contributed by atoms with van der Waals surface area (Å²) in [6, 6.07) is 16.2. The second-order valence-electron chi connectivity index (χ2n) is 12.5. The summed E-state index contributed by atoms with van der Waals surface area (Å²) in [4.78, 5) is 46.6. The Balaban J connectivity index is 1.47. The Labute approximate surface area is 260 Å². The number of hydrogen-bond acceptors (Lipinski definition) is 6. The molecule has 1 spiro atoms. The first kappa shape index (κ1) is 31.4. The maximum Gasteiger partial charge on any atom is 0.248 e. The summed E-state index contributed by atoms with van der Waals surface area (Å²) < 4.78 is -1.20. The zero-order valence-electron chi connectivity index (χ0n) is 26.0. The van der Waals surface area contributed by atoms with Crippen molar-refractivity contribution >= 4 is 40.9 Å². The van der Waals surface area contributed by atoms with Crippen LogP contribution in [0.2, 0.25) is 0 Å². The Hall–Kier alpha value is -3.04. The van der Waals surface area contributed by atoms with Gasteiger partial charge >= 0.3 is 0 Å². The van der Waals surface area contributed by atoms with Crippen LogP contribution >= 0.6 is 11.8 Å². The molecule has 0 aliphatic carbocycles. The van der Waals surface area contributed by atoms with E-state index in [9.17, 15) is 19.5 Å². The van der Waals surface area contributed by atoms with E-state index in [1.54, 1.807) is 16.7 Å². The fraction of sp³-hybridized carbons (Fsp3) is 0.559. The topological polar surface area (TPSA) is 102 Å². The molecule has 0 aromatic heterocycles. The average Bonchev–Trinajstić information content (AvgIpc) is 3.59. The third-order valence-electron chi connectivity index (χ3n) is 10.2. The van der Waals surface area contributed by atoms with Crippen molar-refractivity contribution < 1.29 is 19.5 Å². The number of benzene rings is 2. The summed E-state index contributed by atoms with van der Waals surface area (Å²) in [6.07, 6.45) is 2.16. The molecule has 2 bridgehead atoms. The van der Waals surface area contributed by atoms with Crippen LogP contribution in [0.4, 0.5) is 11.4 Å². The lowest BCUT2D eigenvalue weighted by molar-refractivity contribution is -0.143. The molecule has 2 unspecified atom stereocenters. The van der Waals surface area contributed by atoms with E-state index < -0.39 is 33.4 Å². The van der Waals surface area contributed by atoms with Gasteiger partial charge in [-0.1, -0.05) is 50.6 Å². The maximum absolute atomic E-state index is 14.5. The van der Waals surface area contributed by atoms with Crippen molar-refractivity contribution in [3.05, 3.63) is 60.2 Å². The maximum atomic E-state index is 14.5. The number of aliphatic hydroxyl groups is 1. The van der Waals surface area contributed by atoms with E-state index in [1.807, 2.05) is 68.4 Å². The molecule has 232 valence electrons. The van der Waals surface area contributed by atoms with Gasteiger partial charge in [0.1, 0.15) is 6.04 Å². The van der Waals surface area contributed by atoms with Crippen molar-refractivity contribution in [2.75, 3.05) is 29.9 Å². The summed E-state index contributed by atoms with van der Waals surface area (Å²) in [5.74, 6) is -1.80. The minimum atomic E-state index is -0.794. The summed E-state index contributed by atoms with van der Waals surface area (Å²) in [5.41, 5.74) is 2.74. The molecule has 0 saturated carbocycles. The molecule has 43 heavy (non-hydrogen) atoms. The largest absolute Gasteiger partial charge is 0.394 e. The number of likely N-dealkylation sites (tertiary alicyclic amines) is 1. The minimum absolute atomic E-state index is 0.0176. The van der Waals surface area contributed by atoms with E-state index in [0.29, 0.717) is 18.7 Å². The van der Waals surface area contributed by atoms with E-state index >= 15 is 0 Å². The molecule has 7 atom stereocenters. The molecule has 3 N–H and O–H groups in total. The summed E-state index contributed by atoms with van der Waals surface area (Å²) in [5, 5.41) is 16.8. The van der Waals surface area contributed by atoms with Gasteiger partial charge in [0.15, 0.2) is 0 Å². The Morgan fingerprint density at radius 1 is 1.05 bits per heavy atom. The van der Waals surface area contributed by atoms with Crippen LogP contribution in [-0.2, 0) is 20.9 Å². The first-order valence-electron chi connectivity index (χ1n) is 15.7. The number of aliphatic hydroxyl groups excluding tert-OH is 1. The predicted molar refractivity (Wildman–Crippen MR) is 173 cm³/mol. The van der Waals surface area contributed by atoms with Gasteiger partial charge in [-0.25, -0.2) is 0 Å². The molecular formula is C34H46N4O4S. The van der Waals surface area contributed by atoms with E-state index in [4.69, 9.17) is 0 Å². The molecule has 3 aliphatic rings. The van der Waals surface area contributed by atoms with Crippen LogP contribution in [0.1, 0.15) is 59.4 Å². The third kappa shape index (κ3) is 5.43. The second-order valence-corrected chi connectivity index (χ2v) is 14.4. The van der Waals surface area contributed by atoms with Crippen LogP contribution < -0.4 is 15.5 Å². The lowest BCUT2D eigenvalue weighted by Gasteiger charge is -2.39. The van der Waals surface area contributed by atoms with E-state index in [1.165, 1.54) is 0 Å². The van der Waals surface area contributed by atoms with Gasteiger partial charge in [0.2, 0.25) is 17.7 Å².